The van der Waals surface area contributed by atoms with Crippen LogP contribution in [0.4, 0.5) is 8.78 Å². The molecular weight excluding hydrogens is 362 g/mol. The Morgan fingerprint density at radius 2 is 1.31 bits per heavy atom. The van der Waals surface area contributed by atoms with E-state index >= 15 is 0 Å². The highest BCUT2D eigenvalue weighted by Gasteiger charge is 2.08. The van der Waals surface area contributed by atoms with Crippen LogP contribution in [0.3, 0.4) is 0 Å². The standard InChI is InChI=1S/C27H20F2/c1-2-3-19-4-6-20(7-5-19)8-9-21-10-12-22(13-11-21)23-14-16-25-24(18-23)15-17-26(28)27(25)29/h4-7,10-18H,2-3H2,1H3. The van der Waals surface area contributed by atoms with Gasteiger partial charge in [-0.3, -0.25) is 0 Å². The molecule has 0 saturated carbocycles. The van der Waals surface area contributed by atoms with Crippen LogP contribution in [0.2, 0.25) is 0 Å². The van der Waals surface area contributed by atoms with Crippen molar-refractivity contribution >= 4 is 10.8 Å². The monoisotopic (exact) mass is 382 g/mol. The van der Waals surface area contributed by atoms with Crippen molar-refractivity contribution in [3.8, 4) is 23.0 Å². The lowest BCUT2D eigenvalue weighted by molar-refractivity contribution is 0.517. The van der Waals surface area contributed by atoms with Gasteiger partial charge in [0, 0.05) is 16.5 Å². The van der Waals surface area contributed by atoms with E-state index in [4.69, 9.17) is 0 Å². The minimum Gasteiger partial charge on any atom is -0.204 e. The van der Waals surface area contributed by atoms with E-state index in [1.54, 1.807) is 12.1 Å². The van der Waals surface area contributed by atoms with E-state index in [0.29, 0.717) is 10.8 Å². The molecule has 0 aliphatic heterocycles. The van der Waals surface area contributed by atoms with Crippen molar-refractivity contribution < 1.29 is 8.78 Å². The predicted molar refractivity (Wildman–Crippen MR) is 116 cm³/mol. The number of fused-ring (bicyclic) bond motifs is 1. The van der Waals surface area contributed by atoms with E-state index in [-0.39, 0.29) is 0 Å². The molecule has 0 N–H and O–H groups in total. The second kappa shape index (κ2) is 8.29. The van der Waals surface area contributed by atoms with Crippen LogP contribution >= 0.6 is 0 Å². The van der Waals surface area contributed by atoms with Gasteiger partial charge in [0.15, 0.2) is 11.6 Å². The molecule has 0 fully saturated rings. The first-order valence-corrected chi connectivity index (χ1v) is 9.73. The highest BCUT2D eigenvalue weighted by molar-refractivity contribution is 5.88. The van der Waals surface area contributed by atoms with Crippen LogP contribution in [0.15, 0.2) is 78.9 Å². The van der Waals surface area contributed by atoms with Gasteiger partial charge in [0.25, 0.3) is 0 Å². The Kier molecular flexibility index (Phi) is 5.40. The van der Waals surface area contributed by atoms with Gasteiger partial charge >= 0.3 is 0 Å². The number of aryl methyl sites for hydroxylation is 1. The van der Waals surface area contributed by atoms with Gasteiger partial charge in [0.1, 0.15) is 0 Å². The number of hydrogen-bond donors (Lipinski definition) is 0. The van der Waals surface area contributed by atoms with Crippen LogP contribution in [0.5, 0.6) is 0 Å². The first-order chi connectivity index (χ1) is 14.1. The van der Waals surface area contributed by atoms with Gasteiger partial charge in [-0.1, -0.05) is 67.6 Å². The number of rotatable bonds is 3. The zero-order valence-electron chi connectivity index (χ0n) is 16.2. The van der Waals surface area contributed by atoms with Crippen LogP contribution < -0.4 is 0 Å². The Morgan fingerprint density at radius 3 is 1.97 bits per heavy atom. The second-order valence-corrected chi connectivity index (χ2v) is 7.07. The Labute approximate surface area is 169 Å². The zero-order chi connectivity index (χ0) is 20.2. The average Bonchev–Trinajstić information content (AvgIpc) is 2.76. The van der Waals surface area contributed by atoms with Crippen molar-refractivity contribution in [1.82, 2.24) is 0 Å². The van der Waals surface area contributed by atoms with Gasteiger partial charge in [0.05, 0.1) is 0 Å². The van der Waals surface area contributed by atoms with Crippen LogP contribution in [-0.4, -0.2) is 0 Å². The summed E-state index contributed by atoms with van der Waals surface area (Å²) in [5, 5.41) is 0.970. The summed E-state index contributed by atoms with van der Waals surface area (Å²) >= 11 is 0. The molecular formula is C27H20F2. The predicted octanol–water partition coefficient (Wildman–Crippen LogP) is 7.14. The Morgan fingerprint density at radius 1 is 0.690 bits per heavy atom. The quantitative estimate of drug-likeness (QED) is 0.330. The van der Waals surface area contributed by atoms with E-state index in [1.165, 1.54) is 5.56 Å². The first kappa shape index (κ1) is 18.9. The summed E-state index contributed by atoms with van der Waals surface area (Å²) in [6.07, 6.45) is 2.23. The summed E-state index contributed by atoms with van der Waals surface area (Å²) in [5.41, 5.74) is 5.22. The van der Waals surface area contributed by atoms with Gasteiger partial charge in [-0.2, -0.15) is 0 Å². The third kappa shape index (κ3) is 4.20. The maximum Gasteiger partial charge on any atom is 0.166 e. The van der Waals surface area contributed by atoms with Crippen LogP contribution in [-0.2, 0) is 6.42 Å². The lowest BCUT2D eigenvalue weighted by Gasteiger charge is -2.06. The summed E-state index contributed by atoms with van der Waals surface area (Å²) in [5.74, 6) is 4.76. The van der Waals surface area contributed by atoms with Crippen molar-refractivity contribution in [3.05, 3.63) is 107 Å². The summed E-state index contributed by atoms with van der Waals surface area (Å²) in [4.78, 5) is 0. The smallest absolute Gasteiger partial charge is 0.166 e. The normalized spacial score (nSPS) is 10.6. The fourth-order valence-electron chi connectivity index (χ4n) is 3.38. The topological polar surface area (TPSA) is 0 Å². The van der Waals surface area contributed by atoms with Crippen LogP contribution in [0.1, 0.15) is 30.0 Å². The molecule has 4 rings (SSSR count). The summed E-state index contributed by atoms with van der Waals surface area (Å²) in [6, 6.07) is 24.4. The van der Waals surface area contributed by atoms with Crippen molar-refractivity contribution in [3.63, 3.8) is 0 Å². The fourth-order valence-corrected chi connectivity index (χ4v) is 3.38. The van der Waals surface area contributed by atoms with Crippen molar-refractivity contribution in [2.24, 2.45) is 0 Å². The van der Waals surface area contributed by atoms with Gasteiger partial charge in [-0.05, 0) is 64.9 Å². The molecule has 0 amide bonds. The lowest BCUT2D eigenvalue weighted by Crippen LogP contribution is -1.87. The minimum atomic E-state index is -0.826. The molecule has 4 aromatic carbocycles. The van der Waals surface area contributed by atoms with Gasteiger partial charge in [-0.15, -0.1) is 0 Å². The SMILES string of the molecule is CCCc1ccc(C#Cc2ccc(-c3ccc4c(F)c(F)ccc4c3)cc2)cc1. The van der Waals surface area contributed by atoms with Gasteiger partial charge < -0.3 is 0 Å². The maximum absolute atomic E-state index is 13.9. The number of hydrogen-bond acceptors (Lipinski definition) is 0. The summed E-state index contributed by atoms with van der Waals surface area (Å²) in [6.45, 7) is 2.17. The van der Waals surface area contributed by atoms with E-state index in [1.807, 2.05) is 36.4 Å². The van der Waals surface area contributed by atoms with Gasteiger partial charge in [0.2, 0.25) is 0 Å². The maximum atomic E-state index is 13.9. The molecule has 0 unspecified atom stereocenters. The molecule has 0 radical (unpaired) electrons. The fraction of sp³-hybridized carbons (Fsp3) is 0.111. The van der Waals surface area contributed by atoms with Crippen molar-refractivity contribution in [2.75, 3.05) is 0 Å². The van der Waals surface area contributed by atoms with E-state index in [9.17, 15) is 8.78 Å². The largest absolute Gasteiger partial charge is 0.204 e. The van der Waals surface area contributed by atoms with E-state index in [0.717, 1.165) is 41.2 Å². The van der Waals surface area contributed by atoms with E-state index in [2.05, 4.69) is 43.0 Å². The Balaban J connectivity index is 1.55. The third-order valence-corrected chi connectivity index (χ3v) is 4.97. The molecule has 0 atom stereocenters. The zero-order valence-corrected chi connectivity index (χ0v) is 16.2. The molecule has 2 heteroatoms. The molecule has 142 valence electrons. The molecule has 0 bridgehead atoms. The molecule has 0 aliphatic carbocycles. The Hall–Kier alpha value is -3.44. The molecule has 0 nitrogen and oxygen atoms in total. The molecule has 0 aliphatic rings. The highest BCUT2D eigenvalue weighted by Crippen LogP contribution is 2.27. The Bertz CT molecular complexity index is 1210. The first-order valence-electron chi connectivity index (χ1n) is 9.73. The summed E-state index contributed by atoms with van der Waals surface area (Å²) in [7, 11) is 0. The van der Waals surface area contributed by atoms with Gasteiger partial charge in [-0.25, -0.2) is 8.78 Å². The second-order valence-electron chi connectivity index (χ2n) is 7.07. The van der Waals surface area contributed by atoms with Crippen LogP contribution in [0, 0.1) is 23.5 Å². The van der Waals surface area contributed by atoms with Crippen LogP contribution in [0.25, 0.3) is 21.9 Å². The van der Waals surface area contributed by atoms with E-state index < -0.39 is 11.6 Å². The third-order valence-electron chi connectivity index (χ3n) is 4.97. The molecule has 29 heavy (non-hydrogen) atoms. The lowest BCUT2D eigenvalue weighted by atomic mass is 10.00. The number of benzene rings is 4. The average molecular weight is 382 g/mol. The highest BCUT2D eigenvalue weighted by atomic mass is 19.2. The van der Waals surface area contributed by atoms with Crippen molar-refractivity contribution in [2.45, 2.75) is 19.8 Å². The van der Waals surface area contributed by atoms with Crippen molar-refractivity contribution in [1.29, 1.82) is 0 Å². The summed E-state index contributed by atoms with van der Waals surface area (Å²) < 4.78 is 27.3. The number of halogens is 2. The molecule has 0 saturated heterocycles. The molecule has 4 aromatic rings. The minimum absolute atomic E-state index is 0.293. The molecule has 0 heterocycles. The molecule has 0 aromatic heterocycles. The molecule has 0 spiro atoms.